The second kappa shape index (κ2) is 2.87. The van der Waals surface area contributed by atoms with E-state index in [1.807, 2.05) is 0 Å². The zero-order valence-electron chi connectivity index (χ0n) is 7.86. The van der Waals surface area contributed by atoms with Gasteiger partial charge in [0.15, 0.2) is 0 Å². The zero-order chi connectivity index (χ0) is 11.3. The summed E-state index contributed by atoms with van der Waals surface area (Å²) >= 11 is 0. The Morgan fingerprint density at radius 1 is 1.20 bits per heavy atom. The van der Waals surface area contributed by atoms with Crippen LogP contribution in [0.15, 0.2) is 18.2 Å². The molecule has 0 fully saturated rings. The molecule has 0 amide bonds. The van der Waals surface area contributed by atoms with E-state index in [9.17, 15) is 17.6 Å². The van der Waals surface area contributed by atoms with Crippen molar-refractivity contribution in [2.45, 2.75) is 25.4 Å². The molecule has 1 aliphatic heterocycles. The molecular formula is C10H8F4O. The Hall–Kier alpha value is -1.26. The monoisotopic (exact) mass is 220 g/mol. The Balaban J connectivity index is 2.47. The highest BCUT2D eigenvalue weighted by Crippen LogP contribution is 2.45. The van der Waals surface area contributed by atoms with Crippen LogP contribution in [-0.4, -0.2) is 12.0 Å². The number of ether oxygens (including phenoxy) is 1. The summed E-state index contributed by atoms with van der Waals surface area (Å²) in [6, 6.07) is 4.30. The van der Waals surface area contributed by atoms with Gasteiger partial charge in [0, 0.05) is 5.56 Å². The van der Waals surface area contributed by atoms with Crippen molar-refractivity contribution < 1.29 is 22.3 Å². The van der Waals surface area contributed by atoms with Crippen molar-refractivity contribution in [2.75, 3.05) is 0 Å². The van der Waals surface area contributed by atoms with E-state index < -0.39 is 18.5 Å². The normalized spacial score (nSPS) is 21.7. The third-order valence-electron chi connectivity index (χ3n) is 2.30. The second-order valence-corrected chi connectivity index (χ2v) is 3.61. The molecule has 1 aliphatic rings. The Bertz CT molecular complexity index is 400. The van der Waals surface area contributed by atoms with E-state index in [2.05, 4.69) is 4.74 Å². The van der Waals surface area contributed by atoms with Crippen molar-refractivity contribution in [3.63, 3.8) is 0 Å². The van der Waals surface area contributed by atoms with Gasteiger partial charge in [0.25, 0.3) is 0 Å². The van der Waals surface area contributed by atoms with E-state index in [1.54, 1.807) is 13.0 Å². The summed E-state index contributed by atoms with van der Waals surface area (Å²) in [5.74, 6) is -4.30. The summed E-state index contributed by atoms with van der Waals surface area (Å²) in [6.45, 7) is 1.68. The van der Waals surface area contributed by atoms with Gasteiger partial charge in [-0.2, -0.15) is 17.6 Å². The van der Waals surface area contributed by atoms with E-state index in [1.165, 1.54) is 12.1 Å². The fraction of sp³-hybridized carbons (Fsp3) is 0.400. The van der Waals surface area contributed by atoms with E-state index >= 15 is 0 Å². The van der Waals surface area contributed by atoms with E-state index in [-0.39, 0.29) is 11.3 Å². The number of fused-ring (bicyclic) bond motifs is 1. The first-order valence-corrected chi connectivity index (χ1v) is 4.36. The summed E-state index contributed by atoms with van der Waals surface area (Å²) in [5, 5.41) is 0. The minimum atomic E-state index is -4.42. The van der Waals surface area contributed by atoms with Crippen molar-refractivity contribution in [2.24, 2.45) is 0 Å². The third kappa shape index (κ3) is 1.56. The molecule has 1 aromatic carbocycles. The fourth-order valence-electron chi connectivity index (χ4n) is 1.46. The number of hydrogen-bond acceptors (Lipinski definition) is 1. The summed E-state index contributed by atoms with van der Waals surface area (Å²) < 4.78 is 55.4. The number of benzene rings is 1. The molecule has 1 nitrogen and oxygen atoms in total. The average Bonchev–Trinajstić information content (AvgIpc) is 2.07. The topological polar surface area (TPSA) is 9.23 Å². The molecule has 0 saturated carbocycles. The third-order valence-corrected chi connectivity index (χ3v) is 2.30. The Morgan fingerprint density at radius 3 is 2.53 bits per heavy atom. The maximum Gasteiger partial charge on any atom is 0.464 e. The lowest BCUT2D eigenvalue weighted by Crippen LogP contribution is -2.49. The molecule has 0 bridgehead atoms. The molecule has 5 heteroatoms. The van der Waals surface area contributed by atoms with Crippen LogP contribution < -0.4 is 4.74 Å². The predicted octanol–water partition coefficient (Wildman–Crippen LogP) is 3.16. The summed E-state index contributed by atoms with van der Waals surface area (Å²) in [7, 11) is 0. The molecule has 0 N–H and O–H groups in total. The van der Waals surface area contributed by atoms with Crippen molar-refractivity contribution >= 4 is 0 Å². The summed E-state index contributed by atoms with van der Waals surface area (Å²) in [6.07, 6.45) is -5.41. The number of rotatable bonds is 0. The summed E-state index contributed by atoms with van der Waals surface area (Å²) in [5.41, 5.74) is 0.797. The van der Waals surface area contributed by atoms with Crippen LogP contribution in [0.3, 0.4) is 0 Å². The minimum absolute atomic E-state index is 0.108. The molecule has 0 atom stereocenters. The van der Waals surface area contributed by atoms with Gasteiger partial charge in [0.2, 0.25) is 0 Å². The lowest BCUT2D eigenvalue weighted by atomic mass is 10.0. The van der Waals surface area contributed by atoms with Crippen molar-refractivity contribution in [1.29, 1.82) is 0 Å². The van der Waals surface area contributed by atoms with Crippen LogP contribution in [0, 0.1) is 6.92 Å². The highest BCUT2D eigenvalue weighted by molar-refractivity contribution is 5.40. The molecule has 15 heavy (non-hydrogen) atoms. The van der Waals surface area contributed by atoms with Crippen LogP contribution in [0.5, 0.6) is 5.75 Å². The van der Waals surface area contributed by atoms with Gasteiger partial charge < -0.3 is 4.74 Å². The molecule has 82 valence electrons. The molecule has 0 aromatic heterocycles. The van der Waals surface area contributed by atoms with E-state index in [4.69, 9.17) is 0 Å². The SMILES string of the molecule is Cc1ccc2c(c1)OC(F)(F)C(F)(F)C2. The number of aryl methyl sites for hydroxylation is 1. The summed E-state index contributed by atoms with van der Waals surface area (Å²) in [4.78, 5) is 0. The van der Waals surface area contributed by atoms with Crippen LogP contribution in [0.2, 0.25) is 0 Å². The second-order valence-electron chi connectivity index (χ2n) is 3.61. The lowest BCUT2D eigenvalue weighted by molar-refractivity contribution is -0.316. The van der Waals surface area contributed by atoms with Crippen LogP contribution in [0.1, 0.15) is 11.1 Å². The van der Waals surface area contributed by atoms with E-state index in [0.29, 0.717) is 5.56 Å². The van der Waals surface area contributed by atoms with Gasteiger partial charge in [-0.25, -0.2) is 0 Å². The Labute approximate surface area is 83.7 Å². The van der Waals surface area contributed by atoms with Gasteiger partial charge in [-0.1, -0.05) is 12.1 Å². The molecular weight excluding hydrogens is 212 g/mol. The first kappa shape index (κ1) is 10.3. The molecule has 1 heterocycles. The molecule has 0 aliphatic carbocycles. The Kier molecular flexibility index (Phi) is 1.96. The highest BCUT2D eigenvalue weighted by Gasteiger charge is 2.61. The number of alkyl halides is 4. The molecule has 0 saturated heterocycles. The molecule has 1 aromatic rings. The maximum atomic E-state index is 12.9. The molecule has 0 radical (unpaired) electrons. The zero-order valence-corrected chi connectivity index (χ0v) is 7.86. The van der Waals surface area contributed by atoms with Crippen LogP contribution >= 0.6 is 0 Å². The molecule has 2 rings (SSSR count). The first-order chi connectivity index (χ1) is 6.82. The van der Waals surface area contributed by atoms with Gasteiger partial charge in [-0.3, -0.25) is 0 Å². The van der Waals surface area contributed by atoms with Gasteiger partial charge in [-0.05, 0) is 18.6 Å². The average molecular weight is 220 g/mol. The van der Waals surface area contributed by atoms with Crippen molar-refractivity contribution in [3.8, 4) is 5.75 Å². The highest BCUT2D eigenvalue weighted by atomic mass is 19.3. The Morgan fingerprint density at radius 2 is 1.87 bits per heavy atom. The quantitative estimate of drug-likeness (QED) is 0.610. The van der Waals surface area contributed by atoms with Crippen LogP contribution in [0.25, 0.3) is 0 Å². The van der Waals surface area contributed by atoms with Gasteiger partial charge in [0.05, 0.1) is 6.42 Å². The van der Waals surface area contributed by atoms with Gasteiger partial charge in [-0.15, -0.1) is 0 Å². The van der Waals surface area contributed by atoms with Crippen molar-refractivity contribution in [3.05, 3.63) is 29.3 Å². The van der Waals surface area contributed by atoms with Gasteiger partial charge in [0.1, 0.15) is 5.75 Å². The van der Waals surface area contributed by atoms with Gasteiger partial charge >= 0.3 is 12.0 Å². The smallest absolute Gasteiger partial charge is 0.428 e. The standard InChI is InChI=1S/C10H8F4O/c1-6-2-3-7-5-9(11,12)10(13,14)15-8(7)4-6/h2-4H,5H2,1H3. The molecule has 0 spiro atoms. The van der Waals surface area contributed by atoms with Crippen molar-refractivity contribution in [1.82, 2.24) is 0 Å². The van der Waals surface area contributed by atoms with Crippen LogP contribution in [0.4, 0.5) is 17.6 Å². The lowest BCUT2D eigenvalue weighted by Gasteiger charge is -2.32. The largest absolute Gasteiger partial charge is 0.464 e. The van der Waals surface area contributed by atoms with E-state index in [0.717, 1.165) is 0 Å². The predicted molar refractivity (Wildman–Crippen MR) is 45.4 cm³/mol. The first-order valence-electron chi connectivity index (χ1n) is 4.36. The fourth-order valence-corrected chi connectivity index (χ4v) is 1.46. The molecule has 0 unspecified atom stereocenters. The minimum Gasteiger partial charge on any atom is -0.428 e. The number of hydrogen-bond donors (Lipinski definition) is 0. The van der Waals surface area contributed by atoms with Crippen LogP contribution in [-0.2, 0) is 6.42 Å². The maximum absolute atomic E-state index is 12.9. The number of halogens is 4.